The second-order valence-electron chi connectivity index (χ2n) is 6.81. The topological polar surface area (TPSA) is 46.1 Å². The number of benzene rings is 1. The lowest BCUT2D eigenvalue weighted by Crippen LogP contribution is -2.39. The van der Waals surface area contributed by atoms with Gasteiger partial charge in [0.25, 0.3) is 0 Å². The van der Waals surface area contributed by atoms with Crippen molar-refractivity contribution in [3.63, 3.8) is 0 Å². The molecule has 25 heavy (non-hydrogen) atoms. The molecule has 1 N–H and O–H groups in total. The number of nitrogens with one attached hydrogen (secondary N) is 1. The fraction of sp³-hybridized carbons (Fsp3) is 0.650. The van der Waals surface area contributed by atoms with Gasteiger partial charge in [-0.3, -0.25) is 0 Å². The normalized spacial score (nSPS) is 19.4. The van der Waals surface area contributed by atoms with E-state index in [1.807, 2.05) is 0 Å². The Bertz CT molecular complexity index is 550. The molecule has 0 aromatic heterocycles. The second-order valence-corrected chi connectivity index (χ2v) is 6.81. The van der Waals surface area contributed by atoms with E-state index in [1.54, 1.807) is 0 Å². The molecule has 1 aromatic carbocycles. The minimum Gasteiger partial charge on any atom is -0.381 e. The Hall–Kier alpha value is -1.59. The predicted molar refractivity (Wildman–Crippen MR) is 101 cm³/mol. The maximum Gasteiger partial charge on any atom is 0.194 e. The van der Waals surface area contributed by atoms with Gasteiger partial charge in [-0.15, -0.1) is 0 Å². The third-order valence-electron chi connectivity index (χ3n) is 4.80. The van der Waals surface area contributed by atoms with E-state index in [0.29, 0.717) is 19.3 Å². The highest BCUT2D eigenvalue weighted by molar-refractivity contribution is 5.80. The minimum atomic E-state index is 0.339. The summed E-state index contributed by atoms with van der Waals surface area (Å²) in [5, 5.41) is 3.42. The molecule has 0 bridgehead atoms. The summed E-state index contributed by atoms with van der Waals surface area (Å²) in [5.74, 6) is 1.05. The predicted octanol–water partition coefficient (Wildman–Crippen LogP) is 2.94. The molecule has 0 radical (unpaired) electrons. The van der Waals surface area contributed by atoms with Crippen molar-refractivity contribution in [2.75, 3.05) is 32.8 Å². The molecule has 2 aliphatic rings. The molecule has 3 rings (SSSR count). The van der Waals surface area contributed by atoms with Crippen molar-refractivity contribution in [2.45, 2.75) is 51.9 Å². The Morgan fingerprint density at radius 1 is 1.24 bits per heavy atom. The van der Waals surface area contributed by atoms with E-state index in [1.165, 1.54) is 24.0 Å². The van der Waals surface area contributed by atoms with Gasteiger partial charge in [-0.2, -0.15) is 0 Å². The van der Waals surface area contributed by atoms with Crippen LogP contribution in [-0.4, -0.2) is 49.8 Å². The van der Waals surface area contributed by atoms with E-state index in [2.05, 4.69) is 41.4 Å². The molecule has 5 nitrogen and oxygen atoms in total. The third kappa shape index (κ3) is 5.72. The quantitative estimate of drug-likeness (QED) is 0.636. The van der Waals surface area contributed by atoms with Crippen molar-refractivity contribution in [3.8, 4) is 0 Å². The SMILES string of the molecule is CCNC(=NCc1cccc(COC2CCOCC2)c1)N1CCCC1. The van der Waals surface area contributed by atoms with Crippen LogP contribution in [-0.2, 0) is 22.6 Å². The summed E-state index contributed by atoms with van der Waals surface area (Å²) < 4.78 is 11.4. The zero-order chi connectivity index (χ0) is 17.3. The second kappa shape index (κ2) is 9.78. The van der Waals surface area contributed by atoms with Crippen LogP contribution in [0, 0.1) is 0 Å². The molecule has 2 heterocycles. The summed E-state index contributed by atoms with van der Waals surface area (Å²) in [6.45, 7) is 8.30. The number of nitrogens with zero attached hydrogens (tertiary/aromatic N) is 2. The lowest BCUT2D eigenvalue weighted by molar-refractivity contribution is -0.0390. The summed E-state index contributed by atoms with van der Waals surface area (Å²) in [6.07, 6.45) is 4.89. The molecular weight excluding hydrogens is 314 g/mol. The number of rotatable bonds is 6. The maximum atomic E-state index is 6.03. The van der Waals surface area contributed by atoms with Crippen molar-refractivity contribution < 1.29 is 9.47 Å². The molecule has 0 atom stereocenters. The zero-order valence-corrected chi connectivity index (χ0v) is 15.4. The van der Waals surface area contributed by atoms with Crippen molar-refractivity contribution >= 4 is 5.96 Å². The Labute approximate surface area is 151 Å². The number of likely N-dealkylation sites (tertiary alicyclic amines) is 1. The zero-order valence-electron chi connectivity index (χ0n) is 15.4. The third-order valence-corrected chi connectivity index (χ3v) is 4.80. The van der Waals surface area contributed by atoms with E-state index in [9.17, 15) is 0 Å². The Morgan fingerprint density at radius 3 is 2.76 bits per heavy atom. The first-order valence-electron chi connectivity index (χ1n) is 9.65. The largest absolute Gasteiger partial charge is 0.381 e. The maximum absolute atomic E-state index is 6.03. The van der Waals surface area contributed by atoms with Crippen LogP contribution in [0.15, 0.2) is 29.3 Å². The first kappa shape index (κ1) is 18.2. The van der Waals surface area contributed by atoms with Crippen molar-refractivity contribution in [2.24, 2.45) is 4.99 Å². The van der Waals surface area contributed by atoms with Gasteiger partial charge in [-0.25, -0.2) is 4.99 Å². The van der Waals surface area contributed by atoms with Gasteiger partial charge in [0.2, 0.25) is 0 Å². The van der Waals surface area contributed by atoms with Crippen LogP contribution >= 0.6 is 0 Å². The summed E-state index contributed by atoms with van der Waals surface area (Å²) in [5.41, 5.74) is 2.47. The molecule has 138 valence electrons. The number of aliphatic imine (C=N–C) groups is 1. The molecule has 5 heteroatoms. The minimum absolute atomic E-state index is 0.339. The highest BCUT2D eigenvalue weighted by Gasteiger charge is 2.16. The number of hydrogen-bond donors (Lipinski definition) is 1. The van der Waals surface area contributed by atoms with Crippen molar-refractivity contribution in [3.05, 3.63) is 35.4 Å². The lowest BCUT2D eigenvalue weighted by Gasteiger charge is -2.22. The molecule has 0 spiro atoms. The number of hydrogen-bond acceptors (Lipinski definition) is 3. The fourth-order valence-electron chi connectivity index (χ4n) is 3.40. The Balaban J connectivity index is 1.55. The molecule has 0 unspecified atom stereocenters. The van der Waals surface area contributed by atoms with E-state index >= 15 is 0 Å². The Morgan fingerprint density at radius 2 is 2.00 bits per heavy atom. The molecule has 0 saturated carbocycles. The highest BCUT2D eigenvalue weighted by atomic mass is 16.5. The smallest absolute Gasteiger partial charge is 0.194 e. The van der Waals surface area contributed by atoms with Gasteiger partial charge in [0, 0.05) is 32.8 Å². The molecule has 2 aliphatic heterocycles. The first-order valence-corrected chi connectivity index (χ1v) is 9.65. The molecule has 0 amide bonds. The molecule has 2 saturated heterocycles. The molecule has 2 fully saturated rings. The van der Waals surface area contributed by atoms with Crippen LogP contribution < -0.4 is 5.32 Å². The van der Waals surface area contributed by atoms with E-state index in [0.717, 1.165) is 51.6 Å². The van der Waals surface area contributed by atoms with E-state index in [-0.39, 0.29) is 0 Å². The highest BCUT2D eigenvalue weighted by Crippen LogP contribution is 2.15. The van der Waals surface area contributed by atoms with Gasteiger partial charge in [0.15, 0.2) is 5.96 Å². The fourth-order valence-corrected chi connectivity index (χ4v) is 3.40. The van der Waals surface area contributed by atoms with Gasteiger partial charge in [0.1, 0.15) is 0 Å². The van der Waals surface area contributed by atoms with Crippen LogP contribution in [0.5, 0.6) is 0 Å². The summed E-state index contributed by atoms with van der Waals surface area (Å²) in [4.78, 5) is 7.19. The monoisotopic (exact) mass is 345 g/mol. The number of guanidine groups is 1. The first-order chi connectivity index (χ1) is 12.3. The molecule has 0 aliphatic carbocycles. The summed E-state index contributed by atoms with van der Waals surface area (Å²) in [7, 11) is 0. The van der Waals surface area contributed by atoms with Crippen LogP contribution in [0.25, 0.3) is 0 Å². The van der Waals surface area contributed by atoms with Crippen molar-refractivity contribution in [1.82, 2.24) is 10.2 Å². The number of ether oxygens (including phenoxy) is 2. The van der Waals surface area contributed by atoms with Crippen LogP contribution in [0.3, 0.4) is 0 Å². The van der Waals surface area contributed by atoms with Gasteiger partial charge in [0.05, 0.1) is 19.3 Å². The van der Waals surface area contributed by atoms with Gasteiger partial charge in [-0.05, 0) is 43.7 Å². The standard InChI is InChI=1S/C20H31N3O2/c1-2-21-20(23-10-3-4-11-23)22-15-17-6-5-7-18(14-17)16-25-19-8-12-24-13-9-19/h5-7,14,19H,2-4,8-13,15-16H2,1H3,(H,21,22). The van der Waals surface area contributed by atoms with Gasteiger partial charge in [-0.1, -0.05) is 24.3 Å². The molecule has 1 aromatic rings. The van der Waals surface area contributed by atoms with Crippen molar-refractivity contribution in [1.29, 1.82) is 0 Å². The van der Waals surface area contributed by atoms with E-state index < -0.39 is 0 Å². The Kier molecular flexibility index (Phi) is 7.12. The van der Waals surface area contributed by atoms with Gasteiger partial charge >= 0.3 is 0 Å². The summed E-state index contributed by atoms with van der Waals surface area (Å²) in [6, 6.07) is 8.61. The van der Waals surface area contributed by atoms with E-state index in [4.69, 9.17) is 14.5 Å². The van der Waals surface area contributed by atoms with Crippen LogP contribution in [0.1, 0.15) is 43.7 Å². The summed E-state index contributed by atoms with van der Waals surface area (Å²) >= 11 is 0. The average Bonchev–Trinajstić information content (AvgIpc) is 3.19. The average molecular weight is 345 g/mol. The van der Waals surface area contributed by atoms with Crippen LogP contribution in [0.4, 0.5) is 0 Å². The lowest BCUT2D eigenvalue weighted by atomic mass is 10.1. The van der Waals surface area contributed by atoms with Gasteiger partial charge < -0.3 is 19.7 Å². The molecular formula is C20H31N3O2. The van der Waals surface area contributed by atoms with Crippen LogP contribution in [0.2, 0.25) is 0 Å².